The first-order chi connectivity index (χ1) is 8.22. The molecule has 1 rings (SSSR count). The van der Waals surface area contributed by atoms with Crippen LogP contribution in [0.2, 0.25) is 0 Å². The Morgan fingerprint density at radius 3 is 2.24 bits per heavy atom. The van der Waals surface area contributed by atoms with E-state index in [1.807, 2.05) is 6.92 Å². The maximum Gasteiger partial charge on any atom is 0.125 e. The van der Waals surface area contributed by atoms with Crippen LogP contribution in [0.25, 0.3) is 0 Å². The summed E-state index contributed by atoms with van der Waals surface area (Å²) >= 11 is 0. The van der Waals surface area contributed by atoms with Crippen LogP contribution < -0.4 is 10.6 Å². The molecule has 1 aromatic rings. The number of hydrogen-bond acceptors (Lipinski definition) is 1. The number of nitrogens with two attached hydrogens (primary N) is 2. The van der Waals surface area contributed by atoms with Gasteiger partial charge in [0.15, 0.2) is 0 Å². The second-order valence-corrected chi connectivity index (χ2v) is 4.61. The van der Waals surface area contributed by atoms with Crippen molar-refractivity contribution < 1.29 is 15.7 Å². The van der Waals surface area contributed by atoms with Gasteiger partial charge in [0.05, 0.1) is 6.10 Å². The van der Waals surface area contributed by atoms with Gasteiger partial charge in [-0.25, -0.2) is 0 Å². The van der Waals surface area contributed by atoms with Gasteiger partial charge >= 0.3 is 0 Å². The highest BCUT2D eigenvalue weighted by Crippen LogP contribution is 2.03. The van der Waals surface area contributed by atoms with Crippen LogP contribution in [-0.2, 0) is 13.0 Å². The minimum atomic E-state index is -0.198. The smallest absolute Gasteiger partial charge is 0.125 e. The lowest BCUT2D eigenvalue weighted by atomic mass is 10.1. The third-order valence-electron chi connectivity index (χ3n) is 2.89. The van der Waals surface area contributed by atoms with Crippen LogP contribution in [0.3, 0.4) is 0 Å². The lowest BCUT2D eigenvalue weighted by Gasteiger charge is -2.04. The Morgan fingerprint density at radius 2 is 1.65 bits per heavy atom. The predicted octanol–water partition coefficient (Wildman–Crippen LogP) is -0.743. The summed E-state index contributed by atoms with van der Waals surface area (Å²) in [6.07, 6.45) is 0.912. The summed E-state index contributed by atoms with van der Waals surface area (Å²) in [5.74, 6) is 0. The first-order valence-electron chi connectivity index (χ1n) is 6.61. The average Bonchev–Trinajstić information content (AvgIpc) is 2.34. The van der Waals surface area contributed by atoms with E-state index in [-0.39, 0.29) is 6.10 Å². The predicted molar refractivity (Wildman–Crippen MR) is 69.7 cm³/mol. The maximum absolute atomic E-state index is 9.09. The van der Waals surface area contributed by atoms with Crippen LogP contribution in [-0.4, -0.2) is 30.8 Å². The number of aliphatic hydroxyl groups is 1. The minimum absolute atomic E-state index is 0.198. The molecule has 17 heavy (non-hydrogen) atoms. The Kier molecular flexibility index (Phi) is 6.86. The molecule has 3 nitrogen and oxygen atoms in total. The van der Waals surface area contributed by atoms with Crippen molar-refractivity contribution in [1.82, 2.24) is 0 Å². The van der Waals surface area contributed by atoms with Gasteiger partial charge in [-0.15, -0.1) is 0 Å². The van der Waals surface area contributed by atoms with Crippen LogP contribution in [0, 0.1) is 0 Å². The molecule has 0 fully saturated rings. The van der Waals surface area contributed by atoms with Crippen LogP contribution in [0.5, 0.6) is 0 Å². The molecule has 0 spiro atoms. The molecular formula is C14H26N2O+2. The summed E-state index contributed by atoms with van der Waals surface area (Å²) < 4.78 is 0. The zero-order valence-corrected chi connectivity index (χ0v) is 11.0. The van der Waals surface area contributed by atoms with Gasteiger partial charge in [-0.05, 0) is 18.9 Å². The van der Waals surface area contributed by atoms with E-state index in [9.17, 15) is 0 Å². The van der Waals surface area contributed by atoms with Crippen molar-refractivity contribution in [1.29, 1.82) is 0 Å². The molecule has 0 heterocycles. The molecule has 0 aliphatic rings. The molecule has 0 aliphatic carbocycles. The normalized spacial score (nSPS) is 12.6. The van der Waals surface area contributed by atoms with Gasteiger partial charge in [-0.2, -0.15) is 0 Å². The molecule has 0 bridgehead atoms. The largest absolute Gasteiger partial charge is 0.388 e. The van der Waals surface area contributed by atoms with E-state index in [0.29, 0.717) is 0 Å². The maximum atomic E-state index is 9.09. The number of aryl methyl sites for hydroxylation is 1. The van der Waals surface area contributed by atoms with E-state index in [1.165, 1.54) is 11.1 Å². The fraction of sp³-hybridized carbons (Fsp3) is 0.571. The van der Waals surface area contributed by atoms with Crippen molar-refractivity contribution in [3.8, 4) is 0 Å². The molecule has 96 valence electrons. The second kappa shape index (κ2) is 8.23. The van der Waals surface area contributed by atoms with E-state index in [4.69, 9.17) is 5.11 Å². The van der Waals surface area contributed by atoms with Crippen molar-refractivity contribution in [2.24, 2.45) is 0 Å². The molecule has 1 atom stereocenters. The van der Waals surface area contributed by atoms with Crippen LogP contribution in [0.4, 0.5) is 0 Å². The minimum Gasteiger partial charge on any atom is -0.388 e. The van der Waals surface area contributed by atoms with Crippen molar-refractivity contribution in [2.45, 2.75) is 32.9 Å². The Labute approximate surface area is 104 Å². The Morgan fingerprint density at radius 1 is 1.06 bits per heavy atom. The number of quaternary nitrogens is 2. The van der Waals surface area contributed by atoms with Crippen LogP contribution >= 0.6 is 0 Å². The second-order valence-electron chi connectivity index (χ2n) is 4.61. The zero-order chi connectivity index (χ0) is 12.5. The van der Waals surface area contributed by atoms with Crippen LogP contribution in [0.15, 0.2) is 24.3 Å². The van der Waals surface area contributed by atoms with Crippen molar-refractivity contribution >= 4 is 0 Å². The zero-order valence-electron chi connectivity index (χ0n) is 11.0. The third-order valence-corrected chi connectivity index (χ3v) is 2.89. The molecule has 0 saturated carbocycles. The first-order valence-corrected chi connectivity index (χ1v) is 6.61. The SMILES string of the molecule is CCc1ccc(C[NH2+]CC[NH2+]C[C@@H](C)O)cc1. The fourth-order valence-corrected chi connectivity index (χ4v) is 1.77. The van der Waals surface area contributed by atoms with Crippen LogP contribution in [0.1, 0.15) is 25.0 Å². The summed E-state index contributed by atoms with van der Waals surface area (Å²) in [6, 6.07) is 8.86. The number of hydrogen-bond donors (Lipinski definition) is 3. The lowest BCUT2D eigenvalue weighted by Crippen LogP contribution is -2.95. The monoisotopic (exact) mass is 238 g/mol. The molecular weight excluding hydrogens is 212 g/mol. The van der Waals surface area contributed by atoms with Crippen molar-refractivity contribution in [3.05, 3.63) is 35.4 Å². The molecule has 0 saturated heterocycles. The number of aliphatic hydroxyl groups excluding tert-OH is 1. The highest BCUT2D eigenvalue weighted by Gasteiger charge is 1.99. The molecule has 0 aromatic heterocycles. The summed E-state index contributed by atoms with van der Waals surface area (Å²) in [7, 11) is 0. The molecule has 3 heteroatoms. The first kappa shape index (κ1) is 14.2. The highest BCUT2D eigenvalue weighted by atomic mass is 16.3. The lowest BCUT2D eigenvalue weighted by molar-refractivity contribution is -0.733. The van der Waals surface area contributed by atoms with Gasteiger partial charge in [0.1, 0.15) is 26.2 Å². The average molecular weight is 238 g/mol. The summed E-state index contributed by atoms with van der Waals surface area (Å²) in [4.78, 5) is 0. The topological polar surface area (TPSA) is 53.5 Å². The third kappa shape index (κ3) is 6.41. The fourth-order valence-electron chi connectivity index (χ4n) is 1.77. The standard InChI is InChI=1S/C14H24N2O/c1-3-13-4-6-14(7-5-13)11-16-9-8-15-10-12(2)17/h4-7,12,15-17H,3,8-11H2,1-2H3/p+2/t12-/m1/s1. The van der Waals surface area contributed by atoms with E-state index >= 15 is 0 Å². The Balaban J connectivity index is 2.09. The summed E-state index contributed by atoms with van der Waals surface area (Å²) in [5, 5.41) is 13.6. The molecule has 0 amide bonds. The van der Waals surface area contributed by atoms with Crippen molar-refractivity contribution in [2.75, 3.05) is 19.6 Å². The van der Waals surface area contributed by atoms with Gasteiger partial charge in [0.25, 0.3) is 0 Å². The Bertz CT molecular complexity index is 296. The van der Waals surface area contributed by atoms with E-state index in [0.717, 1.165) is 32.6 Å². The van der Waals surface area contributed by atoms with Gasteiger partial charge in [-0.1, -0.05) is 31.2 Å². The van der Waals surface area contributed by atoms with Gasteiger partial charge in [0.2, 0.25) is 0 Å². The van der Waals surface area contributed by atoms with Gasteiger partial charge in [-0.3, -0.25) is 0 Å². The highest BCUT2D eigenvalue weighted by molar-refractivity contribution is 5.21. The molecule has 0 unspecified atom stereocenters. The number of rotatable bonds is 8. The van der Waals surface area contributed by atoms with Gasteiger partial charge in [0, 0.05) is 5.56 Å². The van der Waals surface area contributed by atoms with E-state index < -0.39 is 0 Å². The summed E-state index contributed by atoms with van der Waals surface area (Å²) in [5.41, 5.74) is 2.79. The molecule has 0 aliphatic heterocycles. The number of benzene rings is 1. The molecule has 1 aromatic carbocycles. The van der Waals surface area contributed by atoms with Crippen molar-refractivity contribution in [3.63, 3.8) is 0 Å². The quantitative estimate of drug-likeness (QED) is 0.513. The van der Waals surface area contributed by atoms with Gasteiger partial charge < -0.3 is 15.7 Å². The van der Waals surface area contributed by atoms with E-state index in [2.05, 4.69) is 41.8 Å². The molecule has 0 radical (unpaired) electrons. The van der Waals surface area contributed by atoms with E-state index in [1.54, 1.807) is 0 Å². The summed E-state index contributed by atoms with van der Waals surface area (Å²) in [6.45, 7) is 8.03. The molecule has 5 N–H and O–H groups in total. The Hall–Kier alpha value is -0.900.